The molecule has 0 spiro atoms. The number of hydrogen-bond acceptors (Lipinski definition) is 4. The Balaban J connectivity index is 1.09. The number of benzene rings is 9. The fourth-order valence-electron chi connectivity index (χ4n) is 8.07. The zero-order chi connectivity index (χ0) is 39.0. The number of fused-ring (bicyclic) bond motifs is 3. The number of anilines is 6. The lowest BCUT2D eigenvalue weighted by molar-refractivity contribution is 1.25. The first-order chi connectivity index (χ1) is 28.6. The summed E-state index contributed by atoms with van der Waals surface area (Å²) in [5, 5.41) is 4.80. The Morgan fingerprint density at radius 2 is 0.672 bits per heavy atom. The van der Waals surface area contributed by atoms with Crippen molar-refractivity contribution < 1.29 is 0 Å². The van der Waals surface area contributed by atoms with Gasteiger partial charge in [0.15, 0.2) is 0 Å². The van der Waals surface area contributed by atoms with E-state index in [1.807, 2.05) is 0 Å². The topological polar surface area (TPSA) is 32.3 Å². The van der Waals surface area contributed by atoms with Crippen molar-refractivity contribution >= 4 is 66.7 Å². The number of hydrogen-bond donors (Lipinski definition) is 0. The fourth-order valence-corrected chi connectivity index (χ4v) is 8.07. The van der Waals surface area contributed by atoms with Crippen molar-refractivity contribution in [2.45, 2.75) is 13.8 Å². The lowest BCUT2D eigenvalue weighted by Crippen LogP contribution is -2.10. The number of nitrogens with zero attached hydrogens (tertiary/aromatic N) is 4. The van der Waals surface area contributed by atoms with Crippen LogP contribution in [0.3, 0.4) is 0 Å². The Hall–Kier alpha value is -7.56. The van der Waals surface area contributed by atoms with Crippen molar-refractivity contribution in [3.05, 3.63) is 217 Å². The molecule has 4 nitrogen and oxygen atoms in total. The van der Waals surface area contributed by atoms with E-state index in [1.54, 1.807) is 0 Å². The molecule has 0 aliphatic carbocycles. The van der Waals surface area contributed by atoms with E-state index in [2.05, 4.69) is 230 Å². The highest BCUT2D eigenvalue weighted by Crippen LogP contribution is 2.42. The molecule has 0 N–H and O–H groups in total. The monoisotopic (exact) mass is 744 g/mol. The summed E-state index contributed by atoms with van der Waals surface area (Å²) < 4.78 is 0. The van der Waals surface area contributed by atoms with Gasteiger partial charge in [0.25, 0.3) is 0 Å². The van der Waals surface area contributed by atoms with Gasteiger partial charge >= 0.3 is 0 Å². The molecule has 0 atom stereocenters. The van der Waals surface area contributed by atoms with Crippen molar-refractivity contribution in [1.82, 2.24) is 9.97 Å². The number of para-hydroxylation sites is 2. The smallest absolute Gasteiger partial charge is 0.0973 e. The zero-order valence-corrected chi connectivity index (χ0v) is 32.4. The molecule has 1 heterocycles. The Morgan fingerprint density at radius 3 is 1.09 bits per heavy atom. The van der Waals surface area contributed by atoms with Gasteiger partial charge in [-0.25, -0.2) is 9.97 Å². The molecule has 0 fully saturated rings. The van der Waals surface area contributed by atoms with Crippen LogP contribution in [0.4, 0.5) is 34.1 Å². The van der Waals surface area contributed by atoms with Crippen LogP contribution in [-0.4, -0.2) is 9.97 Å². The Kier molecular flexibility index (Phi) is 8.92. The largest absolute Gasteiger partial charge is 0.310 e. The van der Waals surface area contributed by atoms with Crippen LogP contribution in [0.2, 0.25) is 0 Å². The quantitative estimate of drug-likeness (QED) is 0.155. The van der Waals surface area contributed by atoms with Crippen LogP contribution in [0.25, 0.3) is 55.1 Å². The van der Waals surface area contributed by atoms with E-state index in [4.69, 9.17) is 9.97 Å². The molecule has 58 heavy (non-hydrogen) atoms. The van der Waals surface area contributed by atoms with Gasteiger partial charge in [0.1, 0.15) is 0 Å². The van der Waals surface area contributed by atoms with Gasteiger partial charge in [-0.1, -0.05) is 133 Å². The predicted molar refractivity (Wildman–Crippen MR) is 244 cm³/mol. The third kappa shape index (κ3) is 6.41. The predicted octanol–water partition coefficient (Wildman–Crippen LogP) is 14.8. The van der Waals surface area contributed by atoms with Crippen molar-refractivity contribution in [1.29, 1.82) is 0 Å². The SMILES string of the molecule is Cc1cc2nc(-c3ccc(N(c4ccccc4)c4cccc5ccccc45)cc3)c(-c3ccc(N(c4ccccc4)c4cccc5ccccc45)cc3)nc2cc1C. The Morgan fingerprint density at radius 1 is 0.328 bits per heavy atom. The molecule has 0 aliphatic rings. The van der Waals surface area contributed by atoms with Gasteiger partial charge in [-0.2, -0.15) is 0 Å². The Labute approximate surface area is 339 Å². The highest BCUT2D eigenvalue weighted by atomic mass is 15.1. The first kappa shape index (κ1) is 34.9. The molecule has 10 aromatic rings. The van der Waals surface area contributed by atoms with Gasteiger partial charge in [0.2, 0.25) is 0 Å². The maximum atomic E-state index is 5.36. The van der Waals surface area contributed by atoms with E-state index >= 15 is 0 Å². The van der Waals surface area contributed by atoms with Crippen LogP contribution < -0.4 is 9.80 Å². The molecule has 10 rings (SSSR count). The molecule has 4 heteroatoms. The van der Waals surface area contributed by atoms with Crippen molar-refractivity contribution in [3.8, 4) is 22.5 Å². The summed E-state index contributed by atoms with van der Waals surface area (Å²) in [6.07, 6.45) is 0. The molecule has 0 saturated carbocycles. The molecule has 1 aromatic heterocycles. The van der Waals surface area contributed by atoms with Gasteiger partial charge < -0.3 is 9.80 Å². The molecule has 0 aliphatic heterocycles. The fraction of sp³-hybridized carbons (Fsp3) is 0.0370. The van der Waals surface area contributed by atoms with E-state index in [0.29, 0.717) is 0 Å². The second-order valence-corrected chi connectivity index (χ2v) is 14.8. The van der Waals surface area contributed by atoms with Crippen molar-refractivity contribution in [2.75, 3.05) is 9.80 Å². The molecular weight excluding hydrogens is 705 g/mol. The maximum absolute atomic E-state index is 5.36. The summed E-state index contributed by atoms with van der Waals surface area (Å²) in [7, 11) is 0. The Bertz CT molecular complexity index is 2850. The summed E-state index contributed by atoms with van der Waals surface area (Å²) in [6, 6.07) is 73.1. The number of aryl methyl sites for hydroxylation is 2. The third-order valence-electron chi connectivity index (χ3n) is 11.1. The molecular formula is C54H40N4. The molecule has 0 bridgehead atoms. The third-order valence-corrected chi connectivity index (χ3v) is 11.1. The standard InChI is InChI=1S/C54H40N4/c1-37-35-49-50(36-38(37)2)56-54(42-29-33-46(34-30-42)58(44-21-7-4-8-22-44)52-26-14-18-40-16-10-12-24-48(40)52)53(55-49)41-27-31-45(32-28-41)57(43-19-5-3-6-20-43)51-25-13-17-39-15-9-11-23-47(39)51/h3-36H,1-2H3. The summed E-state index contributed by atoms with van der Waals surface area (Å²) in [5.74, 6) is 0. The highest BCUT2D eigenvalue weighted by molar-refractivity contribution is 6.00. The minimum atomic E-state index is 0.848. The molecule has 9 aromatic carbocycles. The van der Waals surface area contributed by atoms with Gasteiger partial charge in [0.05, 0.1) is 33.8 Å². The molecule has 276 valence electrons. The minimum absolute atomic E-state index is 0.848. The van der Waals surface area contributed by atoms with Crippen LogP contribution in [0.1, 0.15) is 11.1 Å². The normalized spacial score (nSPS) is 11.3. The van der Waals surface area contributed by atoms with Gasteiger partial charge in [-0.15, -0.1) is 0 Å². The van der Waals surface area contributed by atoms with E-state index in [1.165, 1.54) is 32.7 Å². The minimum Gasteiger partial charge on any atom is -0.310 e. The van der Waals surface area contributed by atoms with Gasteiger partial charge in [-0.05, 0) is 109 Å². The zero-order valence-electron chi connectivity index (χ0n) is 32.4. The van der Waals surface area contributed by atoms with Gasteiger partial charge in [0, 0.05) is 44.6 Å². The van der Waals surface area contributed by atoms with Crippen LogP contribution in [-0.2, 0) is 0 Å². The van der Waals surface area contributed by atoms with Crippen LogP contribution >= 0.6 is 0 Å². The second kappa shape index (κ2) is 14.8. The van der Waals surface area contributed by atoms with Crippen molar-refractivity contribution in [2.24, 2.45) is 0 Å². The summed E-state index contributed by atoms with van der Waals surface area (Å²) in [6.45, 7) is 4.27. The van der Waals surface area contributed by atoms with Gasteiger partial charge in [-0.3, -0.25) is 0 Å². The number of rotatable bonds is 8. The summed E-state index contributed by atoms with van der Waals surface area (Å²) in [4.78, 5) is 15.4. The van der Waals surface area contributed by atoms with Crippen molar-refractivity contribution in [3.63, 3.8) is 0 Å². The van der Waals surface area contributed by atoms with E-state index in [-0.39, 0.29) is 0 Å². The lowest BCUT2D eigenvalue weighted by atomic mass is 10.0. The first-order valence-corrected chi connectivity index (χ1v) is 19.7. The van der Waals surface area contributed by atoms with E-state index in [9.17, 15) is 0 Å². The van der Waals surface area contributed by atoms with Crippen LogP contribution in [0.15, 0.2) is 206 Å². The molecule has 0 amide bonds. The molecule has 0 saturated heterocycles. The molecule has 0 radical (unpaired) electrons. The average molecular weight is 745 g/mol. The highest BCUT2D eigenvalue weighted by Gasteiger charge is 2.20. The van der Waals surface area contributed by atoms with Crippen LogP contribution in [0.5, 0.6) is 0 Å². The maximum Gasteiger partial charge on any atom is 0.0973 e. The summed E-state index contributed by atoms with van der Waals surface area (Å²) in [5.41, 5.74) is 14.4. The van der Waals surface area contributed by atoms with Crippen LogP contribution in [0, 0.1) is 13.8 Å². The summed E-state index contributed by atoms with van der Waals surface area (Å²) >= 11 is 0. The lowest BCUT2D eigenvalue weighted by Gasteiger charge is -2.27. The first-order valence-electron chi connectivity index (χ1n) is 19.7. The van der Waals surface area contributed by atoms with E-state index in [0.717, 1.165) is 67.7 Å². The average Bonchev–Trinajstić information content (AvgIpc) is 3.28. The second-order valence-electron chi connectivity index (χ2n) is 14.8. The van der Waals surface area contributed by atoms with E-state index < -0.39 is 0 Å². The molecule has 0 unspecified atom stereocenters. The number of aromatic nitrogens is 2.